The first kappa shape index (κ1) is 24.9. The topological polar surface area (TPSA) is 123 Å². The molecule has 0 unspecified atom stereocenters. The summed E-state index contributed by atoms with van der Waals surface area (Å²) in [5.41, 5.74) is 3.06. The highest BCUT2D eigenvalue weighted by Crippen LogP contribution is 2.52. The van der Waals surface area contributed by atoms with E-state index < -0.39 is 48.0 Å². The second-order valence-corrected chi connectivity index (χ2v) is 9.56. The molecular weight excluding hydrogens is 480 g/mol. The van der Waals surface area contributed by atoms with Crippen molar-refractivity contribution < 1.29 is 38.5 Å². The minimum Gasteiger partial charge on any atom is -0.493 e. The van der Waals surface area contributed by atoms with Gasteiger partial charge < -0.3 is 24.2 Å². The van der Waals surface area contributed by atoms with Crippen LogP contribution in [-0.4, -0.2) is 85.2 Å². The molecule has 194 valence electrons. The molecule has 37 heavy (non-hydrogen) atoms. The van der Waals surface area contributed by atoms with Crippen LogP contribution in [0.15, 0.2) is 28.2 Å². The maximum Gasteiger partial charge on any atom is 0.252 e. The molecule has 10 heteroatoms. The van der Waals surface area contributed by atoms with Gasteiger partial charge in [-0.05, 0) is 50.6 Å². The molecule has 4 aliphatic rings. The number of carbonyl (C=O) groups is 4. The predicted molar refractivity (Wildman–Crippen MR) is 131 cm³/mol. The third-order valence-corrected chi connectivity index (χ3v) is 8.01. The first-order chi connectivity index (χ1) is 17.6. The van der Waals surface area contributed by atoms with Crippen LogP contribution in [0.3, 0.4) is 0 Å². The summed E-state index contributed by atoms with van der Waals surface area (Å²) in [6.07, 6.45) is 1.77. The first-order valence-corrected chi connectivity index (χ1v) is 11.8. The number of Topliss-reactive ketones (excluding diaryl/α,β-unsaturated/α-hetero) is 3. The molecule has 0 aromatic heterocycles. The molecule has 0 radical (unpaired) electrons. The third-order valence-electron chi connectivity index (χ3n) is 8.01. The van der Waals surface area contributed by atoms with Crippen molar-refractivity contribution in [2.24, 2.45) is 0 Å². The fraction of sp³-hybridized carbons (Fsp3) is 0.407. The lowest BCUT2D eigenvalue weighted by molar-refractivity contribution is -0.149. The van der Waals surface area contributed by atoms with Gasteiger partial charge in [0.25, 0.3) is 5.91 Å². The molecule has 10 nitrogen and oxygen atoms in total. The number of methoxy groups -OCH3 is 3. The molecular formula is C27H28N2O8. The van der Waals surface area contributed by atoms with Crippen LogP contribution in [0.25, 0.3) is 6.08 Å². The first-order valence-electron chi connectivity index (χ1n) is 11.8. The average molecular weight is 509 g/mol. The van der Waals surface area contributed by atoms with E-state index in [1.54, 1.807) is 13.1 Å². The summed E-state index contributed by atoms with van der Waals surface area (Å²) < 4.78 is 16.6. The van der Waals surface area contributed by atoms with Crippen molar-refractivity contribution in [3.63, 3.8) is 0 Å². The fourth-order valence-corrected chi connectivity index (χ4v) is 6.16. The summed E-state index contributed by atoms with van der Waals surface area (Å²) in [4.78, 5) is 57.3. The zero-order valence-electron chi connectivity index (χ0n) is 21.7. The van der Waals surface area contributed by atoms with Gasteiger partial charge in [0.1, 0.15) is 0 Å². The number of hydrogen-bond acceptors (Lipinski definition) is 9. The molecule has 0 saturated carbocycles. The van der Waals surface area contributed by atoms with Crippen molar-refractivity contribution in [2.45, 2.75) is 38.9 Å². The molecule has 1 N–H and O–H groups in total. The van der Waals surface area contributed by atoms with E-state index in [2.05, 4.69) is 0 Å². The van der Waals surface area contributed by atoms with Crippen LogP contribution in [0.5, 0.6) is 11.5 Å². The lowest BCUT2D eigenvalue weighted by atomic mass is 9.72. The number of allylic oxidation sites excluding steroid dienone is 2. The fourth-order valence-electron chi connectivity index (χ4n) is 6.16. The Bertz CT molecular complexity index is 1420. The van der Waals surface area contributed by atoms with E-state index in [9.17, 15) is 24.3 Å². The van der Waals surface area contributed by atoms with Gasteiger partial charge in [-0.25, -0.2) is 0 Å². The number of ether oxygens (including phenoxy) is 3. The normalized spacial score (nSPS) is 25.1. The summed E-state index contributed by atoms with van der Waals surface area (Å²) in [5, 5.41) is 10.6. The van der Waals surface area contributed by atoms with E-state index in [0.717, 1.165) is 11.1 Å². The molecule has 1 fully saturated rings. The molecule has 1 saturated heterocycles. The summed E-state index contributed by atoms with van der Waals surface area (Å²) in [7, 11) is 5.88. The van der Waals surface area contributed by atoms with Gasteiger partial charge >= 0.3 is 0 Å². The molecule has 1 amide bonds. The smallest absolute Gasteiger partial charge is 0.252 e. The highest BCUT2D eigenvalue weighted by molar-refractivity contribution is 6.39. The van der Waals surface area contributed by atoms with Gasteiger partial charge in [0, 0.05) is 22.4 Å². The number of aliphatic hydroxyl groups is 1. The zero-order valence-corrected chi connectivity index (χ0v) is 21.7. The van der Waals surface area contributed by atoms with E-state index in [0.29, 0.717) is 28.3 Å². The maximum atomic E-state index is 13.9. The Labute approximate surface area is 213 Å². The van der Waals surface area contributed by atoms with Gasteiger partial charge in [0.2, 0.25) is 5.78 Å². The van der Waals surface area contributed by atoms with Crippen LogP contribution in [0, 0.1) is 13.8 Å². The standard InChI is InChI=1S/C27H28N2O8/c1-10-11(2)25(36-6)26(37-7)16-13(10)8-14-19-17-18(21(31)12(3)24(35-5)23(17)33)22(32)20(28(19)4)27(34)29(14)15(16)9-30/h8,15,19-20,30H,9H2,1-7H3/t15-,19-,20-/m0/s1. The molecule has 2 bridgehead atoms. The number of carbonyl (C=O) groups excluding carboxylic acids is 4. The highest BCUT2D eigenvalue weighted by atomic mass is 16.5. The number of rotatable bonds is 4. The zero-order chi connectivity index (χ0) is 27.1. The Morgan fingerprint density at radius 2 is 1.54 bits per heavy atom. The molecule has 1 aliphatic carbocycles. The monoisotopic (exact) mass is 508 g/mol. The summed E-state index contributed by atoms with van der Waals surface area (Å²) in [6.45, 7) is 4.73. The van der Waals surface area contributed by atoms with Crippen molar-refractivity contribution in [1.29, 1.82) is 0 Å². The van der Waals surface area contributed by atoms with Crippen LogP contribution in [-0.2, 0) is 23.9 Å². The molecule has 1 aromatic rings. The van der Waals surface area contributed by atoms with Gasteiger partial charge in [-0.15, -0.1) is 0 Å². The van der Waals surface area contributed by atoms with Crippen molar-refractivity contribution in [1.82, 2.24) is 9.80 Å². The second-order valence-electron chi connectivity index (χ2n) is 9.56. The number of aliphatic hydroxyl groups excluding tert-OH is 1. The number of amides is 1. The average Bonchev–Trinajstić information content (AvgIpc) is 2.87. The van der Waals surface area contributed by atoms with E-state index in [-0.39, 0.29) is 22.5 Å². The molecule has 3 heterocycles. The number of likely N-dealkylation sites (N-methyl/N-ethyl adjacent to an activating group) is 1. The third kappa shape index (κ3) is 2.93. The van der Waals surface area contributed by atoms with E-state index in [1.165, 1.54) is 38.1 Å². The highest BCUT2D eigenvalue weighted by Gasteiger charge is 2.59. The van der Waals surface area contributed by atoms with Crippen LogP contribution in [0.1, 0.15) is 35.2 Å². The van der Waals surface area contributed by atoms with E-state index >= 15 is 0 Å². The van der Waals surface area contributed by atoms with Gasteiger partial charge in [-0.1, -0.05) is 0 Å². The van der Waals surface area contributed by atoms with Gasteiger partial charge in [-0.3, -0.25) is 24.1 Å². The number of piperazine rings is 1. The van der Waals surface area contributed by atoms with E-state index in [4.69, 9.17) is 14.2 Å². The van der Waals surface area contributed by atoms with Gasteiger partial charge in [0.05, 0.1) is 45.6 Å². The lowest BCUT2D eigenvalue weighted by Crippen LogP contribution is -2.67. The van der Waals surface area contributed by atoms with Crippen LogP contribution >= 0.6 is 0 Å². The summed E-state index contributed by atoms with van der Waals surface area (Å²) >= 11 is 0. The number of nitrogens with zero attached hydrogens (tertiary/aromatic N) is 2. The Morgan fingerprint density at radius 3 is 2.11 bits per heavy atom. The Balaban J connectivity index is 1.86. The van der Waals surface area contributed by atoms with Gasteiger partial charge in [0.15, 0.2) is 34.9 Å². The molecule has 3 atom stereocenters. The second kappa shape index (κ2) is 8.39. The van der Waals surface area contributed by atoms with Crippen molar-refractivity contribution in [2.75, 3.05) is 35.0 Å². The molecule has 3 aliphatic heterocycles. The minimum absolute atomic E-state index is 0.0186. The summed E-state index contributed by atoms with van der Waals surface area (Å²) in [5.74, 6) is -1.78. The largest absolute Gasteiger partial charge is 0.493 e. The van der Waals surface area contributed by atoms with Crippen molar-refractivity contribution in [3.8, 4) is 11.5 Å². The van der Waals surface area contributed by atoms with Crippen LogP contribution in [0.2, 0.25) is 0 Å². The van der Waals surface area contributed by atoms with Crippen LogP contribution in [0.4, 0.5) is 0 Å². The van der Waals surface area contributed by atoms with Gasteiger partial charge in [-0.2, -0.15) is 0 Å². The SMILES string of the molecule is COC1=C(C)C(=O)C2=C(C1=O)[C@@H]1C3=Cc4c(C)c(C)c(OC)c(OC)c4[C@H](CO)N3C(=O)[C@H](C2=O)N1C. The van der Waals surface area contributed by atoms with Crippen LogP contribution < -0.4 is 9.47 Å². The number of benzene rings is 1. The predicted octanol–water partition coefficient (Wildman–Crippen LogP) is 1.17. The Morgan fingerprint density at radius 1 is 0.892 bits per heavy atom. The number of ketones is 3. The lowest BCUT2D eigenvalue weighted by Gasteiger charge is -2.53. The minimum atomic E-state index is -1.33. The molecule has 5 rings (SSSR count). The maximum absolute atomic E-state index is 13.9. The van der Waals surface area contributed by atoms with Crippen molar-refractivity contribution >= 4 is 29.3 Å². The number of hydrogen-bond donors (Lipinski definition) is 1. The number of fused-ring (bicyclic) bond motifs is 6. The molecule has 0 spiro atoms. The van der Waals surface area contributed by atoms with E-state index in [1.807, 2.05) is 13.8 Å². The Kier molecular flexibility index (Phi) is 5.65. The quantitative estimate of drug-likeness (QED) is 0.363. The van der Waals surface area contributed by atoms with Crippen molar-refractivity contribution in [3.05, 3.63) is 50.4 Å². The summed E-state index contributed by atoms with van der Waals surface area (Å²) in [6, 6.07) is -3.13. The Hall–Kier alpha value is -3.76. The molecule has 1 aromatic carbocycles.